The van der Waals surface area contributed by atoms with Gasteiger partial charge >= 0.3 is 6.03 Å². The fourth-order valence-electron chi connectivity index (χ4n) is 2.97. The summed E-state index contributed by atoms with van der Waals surface area (Å²) in [7, 11) is 2.12. The number of nitrogens with zero attached hydrogens (tertiary/aromatic N) is 1. The van der Waals surface area contributed by atoms with E-state index >= 15 is 0 Å². The van der Waals surface area contributed by atoms with Gasteiger partial charge in [-0.15, -0.1) is 0 Å². The molecule has 0 spiro atoms. The standard InChI is InChI=1S/C17H26FN3OS/c1-21-7-3-4-13(11-21)9-19-17(22)20-10-14-5-6-16(18)8-15(14)12-23-2/h5-6,8,13H,3-4,7,9-12H2,1-2H3,(H2,19,20,22). The number of amides is 2. The summed E-state index contributed by atoms with van der Waals surface area (Å²) in [5.74, 6) is 1.03. The number of halogens is 1. The molecule has 1 aromatic carbocycles. The van der Waals surface area contributed by atoms with Gasteiger partial charge in [0.1, 0.15) is 5.82 Å². The zero-order valence-electron chi connectivity index (χ0n) is 13.9. The number of piperidine rings is 1. The van der Waals surface area contributed by atoms with Crippen LogP contribution in [0.3, 0.4) is 0 Å². The van der Waals surface area contributed by atoms with Crippen LogP contribution in [0, 0.1) is 11.7 Å². The monoisotopic (exact) mass is 339 g/mol. The summed E-state index contributed by atoms with van der Waals surface area (Å²) in [6, 6.07) is 4.58. The number of hydrogen-bond donors (Lipinski definition) is 2. The third-order valence-electron chi connectivity index (χ3n) is 4.18. The molecule has 1 aliphatic heterocycles. The summed E-state index contributed by atoms with van der Waals surface area (Å²) in [5.41, 5.74) is 1.90. The number of carbonyl (C=O) groups excluding carboxylic acids is 1. The maximum atomic E-state index is 13.3. The lowest BCUT2D eigenvalue weighted by atomic mass is 9.99. The summed E-state index contributed by atoms with van der Waals surface area (Å²) >= 11 is 1.64. The number of urea groups is 1. The van der Waals surface area contributed by atoms with Crippen molar-refractivity contribution in [2.45, 2.75) is 25.1 Å². The van der Waals surface area contributed by atoms with Gasteiger partial charge < -0.3 is 15.5 Å². The Bertz CT molecular complexity index is 527. The number of hydrogen-bond acceptors (Lipinski definition) is 3. The average Bonchev–Trinajstić information content (AvgIpc) is 2.52. The van der Waals surface area contributed by atoms with E-state index in [0.717, 1.165) is 30.0 Å². The SMILES string of the molecule is CSCc1cc(F)ccc1CNC(=O)NCC1CCCN(C)C1. The third-order valence-corrected chi connectivity index (χ3v) is 4.78. The summed E-state index contributed by atoms with van der Waals surface area (Å²) in [6.07, 6.45) is 4.34. The Morgan fingerprint density at radius 3 is 2.96 bits per heavy atom. The van der Waals surface area contributed by atoms with Crippen LogP contribution in [-0.2, 0) is 12.3 Å². The van der Waals surface area contributed by atoms with Crippen molar-refractivity contribution in [3.8, 4) is 0 Å². The average molecular weight is 339 g/mol. The lowest BCUT2D eigenvalue weighted by molar-refractivity contribution is 0.202. The van der Waals surface area contributed by atoms with Gasteiger partial charge in [-0.3, -0.25) is 0 Å². The Hall–Kier alpha value is -1.27. The summed E-state index contributed by atoms with van der Waals surface area (Å²) in [4.78, 5) is 14.3. The molecule has 0 saturated carbocycles. The van der Waals surface area contributed by atoms with Gasteiger partial charge in [0.2, 0.25) is 0 Å². The van der Waals surface area contributed by atoms with Gasteiger partial charge in [-0.2, -0.15) is 11.8 Å². The minimum atomic E-state index is -0.233. The highest BCUT2D eigenvalue weighted by atomic mass is 32.2. The molecule has 128 valence electrons. The molecule has 23 heavy (non-hydrogen) atoms. The van der Waals surface area contributed by atoms with Crippen LogP contribution in [-0.4, -0.2) is 43.9 Å². The first-order chi connectivity index (χ1) is 11.1. The molecule has 2 N–H and O–H groups in total. The van der Waals surface area contributed by atoms with Crippen LogP contribution in [0.4, 0.5) is 9.18 Å². The second-order valence-corrected chi connectivity index (χ2v) is 7.05. The normalized spacial score (nSPS) is 18.7. The number of rotatable bonds is 6. The van der Waals surface area contributed by atoms with Crippen LogP contribution in [0.25, 0.3) is 0 Å². The Balaban J connectivity index is 1.78. The van der Waals surface area contributed by atoms with E-state index < -0.39 is 0 Å². The zero-order valence-corrected chi connectivity index (χ0v) is 14.7. The molecule has 1 unspecified atom stereocenters. The molecule has 0 aromatic heterocycles. The molecule has 1 heterocycles. The van der Waals surface area contributed by atoms with E-state index in [2.05, 4.69) is 22.6 Å². The minimum Gasteiger partial charge on any atom is -0.338 e. The van der Waals surface area contributed by atoms with Crippen molar-refractivity contribution < 1.29 is 9.18 Å². The van der Waals surface area contributed by atoms with Gasteiger partial charge in [-0.25, -0.2) is 9.18 Å². The number of likely N-dealkylation sites (tertiary alicyclic amines) is 1. The second kappa shape index (κ2) is 9.13. The van der Waals surface area contributed by atoms with E-state index in [0.29, 0.717) is 19.0 Å². The quantitative estimate of drug-likeness (QED) is 0.838. The zero-order chi connectivity index (χ0) is 16.7. The molecular weight excluding hydrogens is 313 g/mol. The van der Waals surface area contributed by atoms with E-state index in [4.69, 9.17) is 0 Å². The Morgan fingerprint density at radius 2 is 2.22 bits per heavy atom. The fraction of sp³-hybridized carbons (Fsp3) is 0.588. The Morgan fingerprint density at radius 1 is 1.39 bits per heavy atom. The predicted octanol–water partition coefficient (Wildman–Crippen LogP) is 2.83. The van der Waals surface area contributed by atoms with Gasteiger partial charge in [0.25, 0.3) is 0 Å². The van der Waals surface area contributed by atoms with Crippen molar-refractivity contribution in [2.24, 2.45) is 5.92 Å². The largest absolute Gasteiger partial charge is 0.338 e. The molecule has 1 fully saturated rings. The third kappa shape index (κ3) is 6.03. The Kier molecular flexibility index (Phi) is 7.17. The molecular formula is C17H26FN3OS. The molecule has 1 atom stereocenters. The molecule has 4 nitrogen and oxygen atoms in total. The predicted molar refractivity (Wildman–Crippen MR) is 94.1 cm³/mol. The van der Waals surface area contributed by atoms with Crippen molar-refractivity contribution in [1.29, 1.82) is 0 Å². The minimum absolute atomic E-state index is 0.155. The van der Waals surface area contributed by atoms with Crippen molar-refractivity contribution in [3.63, 3.8) is 0 Å². The molecule has 0 bridgehead atoms. The lowest BCUT2D eigenvalue weighted by Crippen LogP contribution is -2.42. The highest BCUT2D eigenvalue weighted by Crippen LogP contribution is 2.17. The number of nitrogens with one attached hydrogen (secondary N) is 2. The fourth-order valence-corrected chi connectivity index (χ4v) is 3.55. The number of thioether (sulfide) groups is 1. The molecule has 6 heteroatoms. The van der Waals surface area contributed by atoms with Gasteiger partial charge in [-0.1, -0.05) is 6.07 Å². The van der Waals surface area contributed by atoms with E-state index in [1.54, 1.807) is 23.9 Å². The van der Waals surface area contributed by atoms with Crippen molar-refractivity contribution >= 4 is 17.8 Å². The van der Waals surface area contributed by atoms with Crippen molar-refractivity contribution in [1.82, 2.24) is 15.5 Å². The summed E-state index contributed by atoms with van der Waals surface area (Å²) in [5, 5.41) is 5.82. The molecule has 0 aliphatic carbocycles. The van der Waals surface area contributed by atoms with Crippen LogP contribution < -0.4 is 10.6 Å². The molecule has 1 aliphatic rings. The topological polar surface area (TPSA) is 44.4 Å². The van der Waals surface area contributed by atoms with E-state index in [9.17, 15) is 9.18 Å². The highest BCUT2D eigenvalue weighted by Gasteiger charge is 2.17. The van der Waals surface area contributed by atoms with E-state index in [1.807, 2.05) is 6.26 Å². The summed E-state index contributed by atoms with van der Waals surface area (Å²) in [6.45, 7) is 3.31. The second-order valence-electron chi connectivity index (χ2n) is 6.18. The maximum Gasteiger partial charge on any atom is 0.315 e. The lowest BCUT2D eigenvalue weighted by Gasteiger charge is -2.29. The van der Waals surface area contributed by atoms with Crippen LogP contribution in [0.2, 0.25) is 0 Å². The molecule has 1 aromatic rings. The van der Waals surface area contributed by atoms with Gasteiger partial charge in [0, 0.05) is 25.4 Å². The van der Waals surface area contributed by atoms with Crippen molar-refractivity contribution in [2.75, 3.05) is 32.9 Å². The molecule has 2 amide bonds. The number of carbonyl (C=O) groups is 1. The maximum absolute atomic E-state index is 13.3. The van der Waals surface area contributed by atoms with Crippen LogP contribution in [0.15, 0.2) is 18.2 Å². The first-order valence-corrected chi connectivity index (χ1v) is 9.44. The van der Waals surface area contributed by atoms with E-state index in [-0.39, 0.29) is 11.8 Å². The van der Waals surface area contributed by atoms with E-state index in [1.165, 1.54) is 18.9 Å². The smallest absolute Gasteiger partial charge is 0.315 e. The molecule has 1 saturated heterocycles. The van der Waals surface area contributed by atoms with Gasteiger partial charge in [-0.05, 0) is 61.9 Å². The molecule has 2 rings (SSSR count). The van der Waals surface area contributed by atoms with Crippen LogP contribution in [0.1, 0.15) is 24.0 Å². The highest BCUT2D eigenvalue weighted by molar-refractivity contribution is 7.97. The molecule has 0 radical (unpaired) electrons. The Labute approximate surface area is 142 Å². The van der Waals surface area contributed by atoms with Gasteiger partial charge in [0.15, 0.2) is 0 Å². The van der Waals surface area contributed by atoms with Gasteiger partial charge in [0.05, 0.1) is 0 Å². The first kappa shape index (κ1) is 18.1. The van der Waals surface area contributed by atoms with Crippen molar-refractivity contribution in [3.05, 3.63) is 35.1 Å². The first-order valence-electron chi connectivity index (χ1n) is 8.05. The van der Waals surface area contributed by atoms with Crippen LogP contribution in [0.5, 0.6) is 0 Å². The number of benzene rings is 1. The summed E-state index contributed by atoms with van der Waals surface area (Å²) < 4.78 is 13.3. The van der Waals surface area contributed by atoms with Crippen LogP contribution >= 0.6 is 11.8 Å².